The first-order valence-electron chi connectivity index (χ1n) is 9.75. The molecule has 1 amide bonds. The van der Waals surface area contributed by atoms with E-state index in [-0.39, 0.29) is 11.5 Å². The van der Waals surface area contributed by atoms with Gasteiger partial charge in [-0.1, -0.05) is 12.1 Å². The number of anilines is 1. The maximum absolute atomic E-state index is 12.8. The molecule has 0 saturated carbocycles. The number of pyridine rings is 1. The summed E-state index contributed by atoms with van der Waals surface area (Å²) >= 11 is 1.49. The second-order valence-corrected chi connectivity index (χ2v) is 8.66. The van der Waals surface area contributed by atoms with Crippen LogP contribution < -0.4 is 15.8 Å². The summed E-state index contributed by atoms with van der Waals surface area (Å²) < 4.78 is 2.38. The quantitative estimate of drug-likeness (QED) is 0.730. The van der Waals surface area contributed by atoms with Crippen LogP contribution in [0.25, 0.3) is 10.1 Å². The lowest BCUT2D eigenvalue weighted by molar-refractivity contribution is 0.0952. The van der Waals surface area contributed by atoms with E-state index in [1.165, 1.54) is 40.9 Å². The van der Waals surface area contributed by atoms with Crippen molar-refractivity contribution in [3.05, 3.63) is 62.9 Å². The van der Waals surface area contributed by atoms with E-state index >= 15 is 0 Å². The molecule has 28 heavy (non-hydrogen) atoms. The van der Waals surface area contributed by atoms with Gasteiger partial charge in [0.05, 0.1) is 10.9 Å². The lowest BCUT2D eigenvalue weighted by atomic mass is 10.1. The van der Waals surface area contributed by atoms with Crippen LogP contribution in [0.3, 0.4) is 0 Å². The summed E-state index contributed by atoms with van der Waals surface area (Å²) in [4.78, 5) is 28.6. The van der Waals surface area contributed by atoms with Crippen molar-refractivity contribution < 1.29 is 4.79 Å². The zero-order valence-electron chi connectivity index (χ0n) is 16.3. The van der Waals surface area contributed by atoms with Gasteiger partial charge in [-0.2, -0.15) is 0 Å². The Balaban J connectivity index is 1.49. The molecule has 4 rings (SSSR count). The highest BCUT2D eigenvalue weighted by Gasteiger charge is 2.19. The molecular weight excluding hydrogens is 370 g/mol. The number of nitrogens with one attached hydrogen (secondary N) is 1. The van der Waals surface area contributed by atoms with E-state index in [1.807, 2.05) is 13.0 Å². The molecule has 0 bridgehead atoms. The summed E-state index contributed by atoms with van der Waals surface area (Å²) in [5.41, 5.74) is 2.68. The van der Waals surface area contributed by atoms with Gasteiger partial charge in [0, 0.05) is 48.1 Å². The van der Waals surface area contributed by atoms with Crippen molar-refractivity contribution in [2.45, 2.75) is 32.7 Å². The lowest BCUT2D eigenvalue weighted by Crippen LogP contribution is -2.29. The van der Waals surface area contributed by atoms with Crippen molar-refractivity contribution in [2.75, 3.05) is 18.0 Å². The number of piperidine rings is 1. The Morgan fingerprint density at radius 1 is 1.11 bits per heavy atom. The van der Waals surface area contributed by atoms with Crippen LogP contribution in [0.4, 0.5) is 5.69 Å². The first kappa shape index (κ1) is 18.7. The first-order valence-corrected chi connectivity index (χ1v) is 10.6. The van der Waals surface area contributed by atoms with Gasteiger partial charge in [0.15, 0.2) is 0 Å². The fourth-order valence-corrected chi connectivity index (χ4v) is 4.89. The van der Waals surface area contributed by atoms with Crippen LogP contribution in [-0.4, -0.2) is 23.6 Å². The third kappa shape index (κ3) is 3.56. The monoisotopic (exact) mass is 395 g/mol. The highest BCUT2D eigenvalue weighted by Crippen LogP contribution is 2.28. The standard InChI is InChI=1S/C22H25N3O2S/c1-15-19(20-18(28-15)10-13-24(2)22(20)27)21(26)23-14-16-6-8-17(9-7-16)25-11-4-3-5-12-25/h6-10,13H,3-5,11-12,14H2,1-2H3,(H,23,26). The van der Waals surface area contributed by atoms with Crippen molar-refractivity contribution in [1.29, 1.82) is 0 Å². The molecule has 1 aliphatic heterocycles. The summed E-state index contributed by atoms with van der Waals surface area (Å²) in [6, 6.07) is 10.3. The minimum atomic E-state index is -0.188. The van der Waals surface area contributed by atoms with Crippen LogP contribution in [0.15, 0.2) is 41.3 Å². The molecule has 0 radical (unpaired) electrons. The minimum absolute atomic E-state index is 0.127. The Morgan fingerprint density at radius 3 is 2.54 bits per heavy atom. The molecule has 5 nitrogen and oxygen atoms in total. The van der Waals surface area contributed by atoms with Crippen molar-refractivity contribution in [1.82, 2.24) is 9.88 Å². The van der Waals surface area contributed by atoms with Crippen LogP contribution in [0, 0.1) is 6.92 Å². The molecule has 1 N–H and O–H groups in total. The Kier molecular flexibility index (Phi) is 5.22. The van der Waals surface area contributed by atoms with Gasteiger partial charge < -0.3 is 14.8 Å². The smallest absolute Gasteiger partial charge is 0.259 e. The number of carbonyl (C=O) groups is 1. The van der Waals surface area contributed by atoms with Gasteiger partial charge in [-0.3, -0.25) is 9.59 Å². The molecule has 0 atom stereocenters. The molecule has 1 aliphatic rings. The molecule has 0 unspecified atom stereocenters. The van der Waals surface area contributed by atoms with Crippen LogP contribution in [0.5, 0.6) is 0 Å². The van der Waals surface area contributed by atoms with Crippen molar-refractivity contribution in [3.63, 3.8) is 0 Å². The molecule has 6 heteroatoms. The minimum Gasteiger partial charge on any atom is -0.372 e. The van der Waals surface area contributed by atoms with E-state index in [9.17, 15) is 9.59 Å². The maximum Gasteiger partial charge on any atom is 0.259 e. The van der Waals surface area contributed by atoms with Crippen LogP contribution in [-0.2, 0) is 13.6 Å². The summed E-state index contributed by atoms with van der Waals surface area (Å²) in [5.74, 6) is -0.188. The molecule has 1 fully saturated rings. The highest BCUT2D eigenvalue weighted by molar-refractivity contribution is 7.19. The number of nitrogens with zero attached hydrogens (tertiary/aromatic N) is 2. The third-order valence-corrected chi connectivity index (χ3v) is 6.50. The first-order chi connectivity index (χ1) is 13.5. The topological polar surface area (TPSA) is 54.3 Å². The Bertz CT molecular complexity index is 1060. The number of aromatic nitrogens is 1. The molecule has 3 heterocycles. The number of amides is 1. The van der Waals surface area contributed by atoms with Gasteiger partial charge in [-0.15, -0.1) is 11.3 Å². The Labute approximate surface area is 168 Å². The zero-order valence-corrected chi connectivity index (χ0v) is 17.1. The zero-order chi connectivity index (χ0) is 19.7. The van der Waals surface area contributed by atoms with Crippen LogP contribution in [0.2, 0.25) is 0 Å². The second-order valence-electron chi connectivity index (χ2n) is 7.40. The Morgan fingerprint density at radius 2 is 1.82 bits per heavy atom. The predicted octanol–water partition coefficient (Wildman–Crippen LogP) is 3.83. The SMILES string of the molecule is Cc1sc2ccn(C)c(=O)c2c1C(=O)NCc1ccc(N2CCCCC2)cc1. The summed E-state index contributed by atoms with van der Waals surface area (Å²) in [6.45, 7) is 4.58. The number of benzene rings is 1. The summed E-state index contributed by atoms with van der Waals surface area (Å²) in [6.07, 6.45) is 5.57. The van der Waals surface area contributed by atoms with Gasteiger partial charge in [0.2, 0.25) is 0 Å². The molecule has 1 aromatic carbocycles. The fourth-order valence-electron chi connectivity index (χ4n) is 3.84. The average molecular weight is 396 g/mol. The number of fused-ring (bicyclic) bond motifs is 1. The van der Waals surface area contributed by atoms with Crippen molar-refractivity contribution in [3.8, 4) is 0 Å². The molecule has 1 saturated heterocycles. The van der Waals surface area contributed by atoms with Gasteiger partial charge in [0.1, 0.15) is 0 Å². The number of hydrogen-bond acceptors (Lipinski definition) is 4. The number of rotatable bonds is 4. The molecule has 0 spiro atoms. The largest absolute Gasteiger partial charge is 0.372 e. The molecule has 3 aromatic rings. The lowest BCUT2D eigenvalue weighted by Gasteiger charge is -2.28. The van der Waals surface area contributed by atoms with E-state index < -0.39 is 0 Å². The number of aryl methyl sites for hydroxylation is 2. The summed E-state index contributed by atoms with van der Waals surface area (Å²) in [5, 5.41) is 3.50. The van der Waals surface area contributed by atoms with E-state index in [0.29, 0.717) is 17.5 Å². The maximum atomic E-state index is 12.8. The van der Waals surface area contributed by atoms with Gasteiger partial charge in [-0.25, -0.2) is 0 Å². The third-order valence-electron chi connectivity index (χ3n) is 5.43. The highest BCUT2D eigenvalue weighted by atomic mass is 32.1. The molecular formula is C22H25N3O2S. The summed E-state index contributed by atoms with van der Waals surface area (Å²) in [7, 11) is 1.71. The van der Waals surface area contributed by atoms with E-state index in [1.54, 1.807) is 13.2 Å². The predicted molar refractivity (Wildman–Crippen MR) is 115 cm³/mol. The van der Waals surface area contributed by atoms with Gasteiger partial charge in [0.25, 0.3) is 11.5 Å². The van der Waals surface area contributed by atoms with Crippen molar-refractivity contribution >= 4 is 33.0 Å². The fraction of sp³-hybridized carbons (Fsp3) is 0.364. The van der Waals surface area contributed by atoms with Crippen LogP contribution in [0.1, 0.15) is 40.1 Å². The number of thiophene rings is 1. The number of carbonyl (C=O) groups excluding carboxylic acids is 1. The number of hydrogen-bond donors (Lipinski definition) is 1. The van der Waals surface area contributed by atoms with E-state index in [0.717, 1.165) is 28.2 Å². The Hall–Kier alpha value is -2.60. The average Bonchev–Trinajstić information content (AvgIpc) is 3.07. The second kappa shape index (κ2) is 7.80. The van der Waals surface area contributed by atoms with E-state index in [2.05, 4.69) is 34.5 Å². The molecule has 2 aromatic heterocycles. The normalized spacial score (nSPS) is 14.4. The van der Waals surface area contributed by atoms with Crippen molar-refractivity contribution in [2.24, 2.45) is 7.05 Å². The molecule has 0 aliphatic carbocycles. The molecule has 146 valence electrons. The van der Waals surface area contributed by atoms with Gasteiger partial charge >= 0.3 is 0 Å². The van der Waals surface area contributed by atoms with E-state index in [4.69, 9.17) is 0 Å². The van der Waals surface area contributed by atoms with Crippen LogP contribution >= 0.6 is 11.3 Å². The van der Waals surface area contributed by atoms with Gasteiger partial charge in [-0.05, 0) is 49.9 Å².